The van der Waals surface area contributed by atoms with Crippen molar-refractivity contribution in [3.8, 4) is 5.75 Å². The molecule has 0 unspecified atom stereocenters. The maximum absolute atomic E-state index is 13.0. The van der Waals surface area contributed by atoms with Crippen molar-refractivity contribution < 1.29 is 17.9 Å². The van der Waals surface area contributed by atoms with Crippen LogP contribution in [0.15, 0.2) is 83.8 Å². The summed E-state index contributed by atoms with van der Waals surface area (Å²) in [7, 11) is 0.752. The Morgan fingerprint density at radius 2 is 1.48 bits per heavy atom. The van der Waals surface area contributed by atoms with Crippen LogP contribution in [0, 0.1) is 0 Å². The van der Waals surface area contributed by atoms with Crippen LogP contribution in [0.4, 0.5) is 5.69 Å². The van der Waals surface area contributed by atoms with E-state index < -0.39 is 10.0 Å². The Hall–Kier alpha value is -3.16. The van der Waals surface area contributed by atoms with E-state index in [1.165, 1.54) is 39.4 Å². The zero-order chi connectivity index (χ0) is 22.4. The van der Waals surface area contributed by atoms with Crippen LogP contribution >= 0.6 is 0 Å². The number of nitrogens with one attached hydrogen (secondary N) is 1. The monoisotopic (exact) mass is 438 g/mol. The van der Waals surface area contributed by atoms with Crippen LogP contribution in [0.5, 0.6) is 5.75 Å². The molecule has 0 atom stereocenters. The van der Waals surface area contributed by atoms with Gasteiger partial charge in [0.15, 0.2) is 0 Å². The van der Waals surface area contributed by atoms with Crippen molar-refractivity contribution in [2.45, 2.75) is 17.2 Å². The number of nitrogens with zero attached hydrogens (tertiary/aromatic N) is 1. The first kappa shape index (κ1) is 22.5. The number of amides is 1. The van der Waals surface area contributed by atoms with E-state index in [9.17, 15) is 13.2 Å². The maximum Gasteiger partial charge on any atom is 0.242 e. The van der Waals surface area contributed by atoms with Crippen LogP contribution in [0.25, 0.3) is 0 Å². The van der Waals surface area contributed by atoms with E-state index in [0.717, 1.165) is 15.4 Å². The van der Waals surface area contributed by atoms with Crippen molar-refractivity contribution in [2.75, 3.05) is 26.5 Å². The SMILES string of the molecule is COc1ccc(S(=O)(=O)N(C)C)cc1NC(=O)CC(c1ccccc1)c1ccccc1. The maximum atomic E-state index is 13.0. The minimum Gasteiger partial charge on any atom is -0.495 e. The summed E-state index contributed by atoms with van der Waals surface area (Å²) in [4.78, 5) is 13.1. The number of rotatable bonds is 8. The molecular formula is C24H26N2O4S. The van der Waals surface area contributed by atoms with Crippen LogP contribution in [-0.2, 0) is 14.8 Å². The van der Waals surface area contributed by atoms with Gasteiger partial charge in [-0.25, -0.2) is 12.7 Å². The second-order valence-electron chi connectivity index (χ2n) is 7.28. The Kier molecular flexibility index (Phi) is 7.09. The van der Waals surface area contributed by atoms with Crippen molar-refractivity contribution in [2.24, 2.45) is 0 Å². The van der Waals surface area contributed by atoms with Crippen molar-refractivity contribution in [3.63, 3.8) is 0 Å². The van der Waals surface area contributed by atoms with Crippen LogP contribution in [0.2, 0.25) is 0 Å². The van der Waals surface area contributed by atoms with E-state index >= 15 is 0 Å². The van der Waals surface area contributed by atoms with E-state index in [1.54, 1.807) is 0 Å². The number of carbonyl (C=O) groups excluding carboxylic acids is 1. The zero-order valence-electron chi connectivity index (χ0n) is 17.8. The Morgan fingerprint density at radius 3 is 1.97 bits per heavy atom. The van der Waals surface area contributed by atoms with E-state index in [0.29, 0.717) is 11.4 Å². The Bertz CT molecular complexity index is 1090. The molecule has 0 heterocycles. The molecule has 0 aliphatic carbocycles. The van der Waals surface area contributed by atoms with Crippen LogP contribution in [0.1, 0.15) is 23.5 Å². The average Bonchev–Trinajstić information content (AvgIpc) is 2.78. The third-order valence-electron chi connectivity index (χ3n) is 5.02. The number of methoxy groups -OCH3 is 1. The number of carbonyl (C=O) groups is 1. The molecule has 3 rings (SSSR count). The molecule has 6 nitrogen and oxygen atoms in total. The van der Waals surface area contributed by atoms with Crippen LogP contribution < -0.4 is 10.1 Å². The van der Waals surface area contributed by atoms with Crippen molar-refractivity contribution in [1.82, 2.24) is 4.31 Å². The molecule has 0 bridgehead atoms. The summed E-state index contributed by atoms with van der Waals surface area (Å²) in [6.07, 6.45) is 0.196. The predicted molar refractivity (Wildman–Crippen MR) is 122 cm³/mol. The first-order chi connectivity index (χ1) is 14.8. The molecular weight excluding hydrogens is 412 g/mol. The molecule has 3 aromatic carbocycles. The van der Waals surface area contributed by atoms with Gasteiger partial charge in [-0.05, 0) is 29.3 Å². The fourth-order valence-electron chi connectivity index (χ4n) is 3.34. The van der Waals surface area contributed by atoms with E-state index in [4.69, 9.17) is 4.74 Å². The highest BCUT2D eigenvalue weighted by molar-refractivity contribution is 7.89. The highest BCUT2D eigenvalue weighted by Crippen LogP contribution is 2.31. The number of hydrogen-bond donors (Lipinski definition) is 1. The molecule has 1 amide bonds. The fraction of sp³-hybridized carbons (Fsp3) is 0.208. The lowest BCUT2D eigenvalue weighted by atomic mass is 9.88. The predicted octanol–water partition coefficient (Wildman–Crippen LogP) is 4.11. The smallest absolute Gasteiger partial charge is 0.242 e. The molecule has 0 aliphatic rings. The van der Waals surface area contributed by atoms with Gasteiger partial charge in [0.1, 0.15) is 5.75 Å². The Morgan fingerprint density at radius 1 is 0.935 bits per heavy atom. The van der Waals surface area contributed by atoms with Crippen molar-refractivity contribution >= 4 is 21.6 Å². The van der Waals surface area contributed by atoms with Gasteiger partial charge in [-0.2, -0.15) is 0 Å². The summed E-state index contributed by atoms with van der Waals surface area (Å²) in [5, 5.41) is 2.84. The van der Waals surface area contributed by atoms with Crippen molar-refractivity contribution in [3.05, 3.63) is 90.0 Å². The van der Waals surface area contributed by atoms with Gasteiger partial charge >= 0.3 is 0 Å². The number of sulfonamides is 1. The van der Waals surface area contributed by atoms with E-state index in [-0.39, 0.29) is 23.1 Å². The summed E-state index contributed by atoms with van der Waals surface area (Å²) >= 11 is 0. The topological polar surface area (TPSA) is 75.7 Å². The summed E-state index contributed by atoms with van der Waals surface area (Å²) < 4.78 is 31.4. The number of anilines is 1. The summed E-state index contributed by atoms with van der Waals surface area (Å²) in [5.41, 5.74) is 2.37. The largest absolute Gasteiger partial charge is 0.495 e. The van der Waals surface area contributed by atoms with E-state index in [2.05, 4.69) is 5.32 Å². The molecule has 0 fully saturated rings. The van der Waals surface area contributed by atoms with Gasteiger partial charge in [0.25, 0.3) is 0 Å². The van der Waals surface area contributed by atoms with Gasteiger partial charge < -0.3 is 10.1 Å². The molecule has 1 N–H and O–H groups in total. The first-order valence-corrected chi connectivity index (χ1v) is 11.3. The second-order valence-corrected chi connectivity index (χ2v) is 9.43. The molecule has 0 saturated carbocycles. The van der Waals surface area contributed by atoms with Gasteiger partial charge in [0.2, 0.25) is 15.9 Å². The normalized spacial score (nSPS) is 11.5. The third-order valence-corrected chi connectivity index (χ3v) is 6.83. The molecule has 31 heavy (non-hydrogen) atoms. The lowest BCUT2D eigenvalue weighted by Gasteiger charge is -2.19. The van der Waals surface area contributed by atoms with Gasteiger partial charge in [-0.15, -0.1) is 0 Å². The summed E-state index contributed by atoms with van der Waals surface area (Å²) in [6, 6.07) is 24.1. The minimum atomic E-state index is -3.64. The molecule has 162 valence electrons. The molecule has 0 spiro atoms. The van der Waals surface area contributed by atoms with Crippen LogP contribution in [0.3, 0.4) is 0 Å². The second kappa shape index (κ2) is 9.76. The molecule has 0 saturated heterocycles. The molecule has 0 aliphatic heterocycles. The third kappa shape index (κ3) is 5.31. The quantitative estimate of drug-likeness (QED) is 0.574. The van der Waals surface area contributed by atoms with Crippen molar-refractivity contribution in [1.29, 1.82) is 0 Å². The highest BCUT2D eigenvalue weighted by atomic mass is 32.2. The standard InChI is InChI=1S/C24H26N2O4S/c1-26(2)31(28,29)20-14-15-23(30-3)22(16-20)25-24(27)17-21(18-10-6-4-7-11-18)19-12-8-5-9-13-19/h4-16,21H,17H2,1-3H3,(H,25,27). The van der Waals surface area contributed by atoms with Gasteiger partial charge in [-0.1, -0.05) is 60.7 Å². The number of ether oxygens (including phenoxy) is 1. The summed E-state index contributed by atoms with van der Waals surface area (Å²) in [5.74, 6) is 0.0134. The fourth-order valence-corrected chi connectivity index (χ4v) is 4.27. The summed E-state index contributed by atoms with van der Waals surface area (Å²) in [6.45, 7) is 0. The zero-order valence-corrected chi connectivity index (χ0v) is 18.6. The highest BCUT2D eigenvalue weighted by Gasteiger charge is 2.22. The first-order valence-electron chi connectivity index (χ1n) is 9.83. The molecule has 3 aromatic rings. The van der Waals surface area contributed by atoms with Gasteiger partial charge in [0, 0.05) is 26.4 Å². The van der Waals surface area contributed by atoms with Crippen LogP contribution in [-0.4, -0.2) is 39.8 Å². The lowest BCUT2D eigenvalue weighted by Crippen LogP contribution is -2.22. The molecule has 0 aromatic heterocycles. The Balaban J connectivity index is 1.89. The minimum absolute atomic E-state index is 0.0799. The number of hydrogen-bond acceptors (Lipinski definition) is 4. The average molecular weight is 439 g/mol. The molecule has 0 radical (unpaired) electrons. The van der Waals surface area contributed by atoms with Gasteiger partial charge in [-0.3, -0.25) is 4.79 Å². The lowest BCUT2D eigenvalue weighted by molar-refractivity contribution is -0.116. The Labute approximate surface area is 183 Å². The molecule has 7 heteroatoms. The van der Waals surface area contributed by atoms with E-state index in [1.807, 2.05) is 60.7 Å². The van der Waals surface area contributed by atoms with Gasteiger partial charge in [0.05, 0.1) is 17.7 Å². The number of benzene rings is 3.